The van der Waals surface area contributed by atoms with Gasteiger partial charge in [0.15, 0.2) is 11.0 Å². The molecule has 0 aliphatic carbocycles. The number of nitrogens with one attached hydrogen (secondary N) is 1. The van der Waals surface area contributed by atoms with E-state index in [4.69, 9.17) is 11.6 Å². The molecule has 4 rings (SSSR count). The topological polar surface area (TPSA) is 123 Å². The zero-order valence-corrected chi connectivity index (χ0v) is 19.8. The SMILES string of the molecule is Cn1c(SCC(=O)Nc2ccc([N+](=O)[O-])cc2)nnc1C1CCCN1C(=O)c1ccccc1Cl. The molecule has 3 aromatic rings. The Kier molecular flexibility index (Phi) is 7.13. The van der Waals surface area contributed by atoms with Gasteiger partial charge in [-0.2, -0.15) is 0 Å². The fourth-order valence-electron chi connectivity index (χ4n) is 3.80. The molecule has 2 aromatic carbocycles. The zero-order chi connectivity index (χ0) is 24.2. The molecule has 1 N–H and O–H groups in total. The van der Waals surface area contributed by atoms with Crippen molar-refractivity contribution in [3.05, 3.63) is 75.1 Å². The lowest BCUT2D eigenvalue weighted by atomic mass is 10.1. The van der Waals surface area contributed by atoms with Crippen LogP contribution in [-0.2, 0) is 11.8 Å². The minimum Gasteiger partial charge on any atom is -0.328 e. The molecular formula is C22H21ClN6O4S. The van der Waals surface area contributed by atoms with E-state index in [1.54, 1.807) is 33.7 Å². The van der Waals surface area contributed by atoms with Crippen molar-refractivity contribution in [1.29, 1.82) is 0 Å². The Morgan fingerprint density at radius 1 is 1.21 bits per heavy atom. The molecule has 176 valence electrons. The van der Waals surface area contributed by atoms with E-state index < -0.39 is 4.92 Å². The summed E-state index contributed by atoms with van der Waals surface area (Å²) < 4.78 is 1.80. The minimum absolute atomic E-state index is 0.0482. The summed E-state index contributed by atoms with van der Waals surface area (Å²) in [4.78, 5) is 37.4. The number of carbonyl (C=O) groups excluding carboxylic acids is 2. The summed E-state index contributed by atoms with van der Waals surface area (Å²) in [5.74, 6) is 0.305. The minimum atomic E-state index is -0.499. The highest BCUT2D eigenvalue weighted by molar-refractivity contribution is 7.99. The number of nitrogens with zero attached hydrogens (tertiary/aromatic N) is 5. The number of thioether (sulfide) groups is 1. The summed E-state index contributed by atoms with van der Waals surface area (Å²) in [7, 11) is 1.81. The van der Waals surface area contributed by atoms with Crippen LogP contribution in [0, 0.1) is 10.1 Å². The largest absolute Gasteiger partial charge is 0.328 e. The standard InChI is InChI=1S/C22H21ClN6O4S/c1-27-20(18-7-4-12-28(18)21(31)16-5-2-3-6-17(16)23)25-26-22(27)34-13-19(30)24-14-8-10-15(11-9-14)29(32)33/h2-3,5-6,8-11,18H,4,7,12-13H2,1H3,(H,24,30). The van der Waals surface area contributed by atoms with Crippen molar-refractivity contribution < 1.29 is 14.5 Å². The maximum Gasteiger partial charge on any atom is 0.269 e. The Labute approximate surface area is 204 Å². The average Bonchev–Trinajstić information content (AvgIpc) is 3.44. The fourth-order valence-corrected chi connectivity index (χ4v) is 4.74. The molecule has 1 aliphatic rings. The van der Waals surface area contributed by atoms with Gasteiger partial charge >= 0.3 is 0 Å². The summed E-state index contributed by atoms with van der Waals surface area (Å²) in [5.41, 5.74) is 0.873. The van der Waals surface area contributed by atoms with Crippen LogP contribution in [0.1, 0.15) is 35.1 Å². The lowest BCUT2D eigenvalue weighted by Crippen LogP contribution is -2.32. The number of anilines is 1. The fraction of sp³-hybridized carbons (Fsp3) is 0.273. The van der Waals surface area contributed by atoms with Gasteiger partial charge < -0.3 is 14.8 Å². The van der Waals surface area contributed by atoms with Crippen LogP contribution in [0.3, 0.4) is 0 Å². The first-order valence-corrected chi connectivity index (χ1v) is 11.8. The summed E-state index contributed by atoms with van der Waals surface area (Å²) in [5, 5.41) is 22.9. The molecular weight excluding hydrogens is 480 g/mol. The van der Waals surface area contributed by atoms with Gasteiger partial charge in [-0.25, -0.2) is 0 Å². The van der Waals surface area contributed by atoms with Crippen LogP contribution in [0.25, 0.3) is 0 Å². The Bertz CT molecular complexity index is 1230. The quantitative estimate of drug-likeness (QED) is 0.294. The van der Waals surface area contributed by atoms with E-state index >= 15 is 0 Å². The van der Waals surface area contributed by atoms with Crippen molar-refractivity contribution in [2.45, 2.75) is 24.0 Å². The molecule has 1 fully saturated rings. The summed E-state index contributed by atoms with van der Waals surface area (Å²) >= 11 is 7.44. The number of aromatic nitrogens is 3. The molecule has 10 nitrogen and oxygen atoms in total. The number of amides is 2. The highest BCUT2D eigenvalue weighted by Gasteiger charge is 2.34. The maximum absolute atomic E-state index is 13.1. The van der Waals surface area contributed by atoms with Gasteiger partial charge in [-0.05, 0) is 37.1 Å². The Hall–Kier alpha value is -3.44. The van der Waals surface area contributed by atoms with Crippen molar-refractivity contribution in [1.82, 2.24) is 19.7 Å². The van der Waals surface area contributed by atoms with Crippen LogP contribution in [0.4, 0.5) is 11.4 Å². The van der Waals surface area contributed by atoms with E-state index in [2.05, 4.69) is 15.5 Å². The molecule has 2 amide bonds. The van der Waals surface area contributed by atoms with E-state index in [0.717, 1.165) is 12.8 Å². The maximum atomic E-state index is 13.1. The number of non-ortho nitro benzene ring substituents is 1. The monoisotopic (exact) mass is 500 g/mol. The second-order valence-electron chi connectivity index (χ2n) is 7.68. The van der Waals surface area contributed by atoms with E-state index in [0.29, 0.717) is 33.8 Å². The average molecular weight is 501 g/mol. The summed E-state index contributed by atoms with van der Waals surface area (Å²) in [6.45, 7) is 0.599. The van der Waals surface area contributed by atoms with Crippen LogP contribution in [-0.4, -0.2) is 48.7 Å². The smallest absolute Gasteiger partial charge is 0.269 e. The van der Waals surface area contributed by atoms with E-state index in [1.165, 1.54) is 36.0 Å². The first-order valence-electron chi connectivity index (χ1n) is 10.5. The lowest BCUT2D eigenvalue weighted by molar-refractivity contribution is -0.384. The zero-order valence-electron chi connectivity index (χ0n) is 18.2. The Balaban J connectivity index is 1.40. The van der Waals surface area contributed by atoms with Gasteiger partial charge in [-0.15, -0.1) is 10.2 Å². The van der Waals surface area contributed by atoms with Gasteiger partial charge in [0.05, 0.1) is 27.3 Å². The highest BCUT2D eigenvalue weighted by atomic mass is 35.5. The third-order valence-corrected chi connectivity index (χ3v) is 6.83. The van der Waals surface area contributed by atoms with E-state index in [-0.39, 0.29) is 29.3 Å². The Morgan fingerprint density at radius 2 is 1.94 bits per heavy atom. The Morgan fingerprint density at radius 3 is 2.65 bits per heavy atom. The molecule has 1 atom stereocenters. The predicted octanol–water partition coefficient (Wildman–Crippen LogP) is 4.08. The van der Waals surface area contributed by atoms with Gasteiger partial charge in [0.25, 0.3) is 11.6 Å². The molecule has 34 heavy (non-hydrogen) atoms. The second-order valence-corrected chi connectivity index (χ2v) is 9.03. The van der Waals surface area contributed by atoms with E-state index in [1.807, 2.05) is 7.05 Å². The lowest BCUT2D eigenvalue weighted by Gasteiger charge is -2.24. The first kappa shape index (κ1) is 23.7. The van der Waals surface area contributed by atoms with Gasteiger partial charge in [-0.3, -0.25) is 19.7 Å². The predicted molar refractivity (Wildman–Crippen MR) is 128 cm³/mol. The van der Waals surface area contributed by atoms with Gasteiger partial charge in [-0.1, -0.05) is 35.5 Å². The number of carbonyl (C=O) groups is 2. The van der Waals surface area contributed by atoms with Gasteiger partial charge in [0.1, 0.15) is 0 Å². The molecule has 1 saturated heterocycles. The number of benzene rings is 2. The van der Waals surface area contributed by atoms with Crippen LogP contribution >= 0.6 is 23.4 Å². The van der Waals surface area contributed by atoms with Gasteiger partial charge in [0.2, 0.25) is 5.91 Å². The molecule has 0 bridgehead atoms. The number of hydrogen-bond donors (Lipinski definition) is 1. The number of likely N-dealkylation sites (tertiary alicyclic amines) is 1. The number of nitro groups is 1. The van der Waals surface area contributed by atoms with E-state index in [9.17, 15) is 19.7 Å². The molecule has 2 heterocycles. The van der Waals surface area contributed by atoms with Crippen molar-refractivity contribution in [2.75, 3.05) is 17.6 Å². The normalized spacial score (nSPS) is 15.4. The highest BCUT2D eigenvalue weighted by Crippen LogP contribution is 2.34. The molecule has 1 aliphatic heterocycles. The van der Waals surface area contributed by atoms with Crippen LogP contribution < -0.4 is 5.32 Å². The third-order valence-electron chi connectivity index (χ3n) is 5.48. The van der Waals surface area contributed by atoms with Crippen molar-refractivity contribution in [3.8, 4) is 0 Å². The molecule has 0 radical (unpaired) electrons. The molecule has 12 heteroatoms. The van der Waals surface area contributed by atoms with Crippen LogP contribution in [0.5, 0.6) is 0 Å². The number of nitro benzene ring substituents is 1. The molecule has 1 unspecified atom stereocenters. The van der Waals surface area contributed by atoms with Crippen molar-refractivity contribution >= 4 is 46.6 Å². The molecule has 1 aromatic heterocycles. The third kappa shape index (κ3) is 5.05. The molecule has 0 saturated carbocycles. The van der Waals surface area contributed by atoms with Crippen molar-refractivity contribution in [2.24, 2.45) is 7.05 Å². The number of halogens is 1. The number of hydrogen-bond acceptors (Lipinski definition) is 7. The van der Waals surface area contributed by atoms with Crippen molar-refractivity contribution in [3.63, 3.8) is 0 Å². The molecule has 0 spiro atoms. The van der Waals surface area contributed by atoms with Crippen LogP contribution in [0.2, 0.25) is 5.02 Å². The van der Waals surface area contributed by atoms with Gasteiger partial charge in [0, 0.05) is 31.4 Å². The number of rotatable bonds is 7. The van der Waals surface area contributed by atoms with Crippen LogP contribution in [0.15, 0.2) is 53.7 Å². The second kappa shape index (κ2) is 10.2. The summed E-state index contributed by atoms with van der Waals surface area (Å²) in [6, 6.07) is 12.3. The summed E-state index contributed by atoms with van der Waals surface area (Å²) in [6.07, 6.45) is 1.60. The first-order chi connectivity index (χ1) is 16.3.